The van der Waals surface area contributed by atoms with E-state index in [0.29, 0.717) is 0 Å². The fraction of sp³-hybridized carbons (Fsp3) is 1.00. The summed E-state index contributed by atoms with van der Waals surface area (Å²) in [5.41, 5.74) is 0. The Hall–Kier alpha value is 1.08. The molecule has 2 unspecified atom stereocenters. The first kappa shape index (κ1) is 17.1. The molecule has 0 spiro atoms. The summed E-state index contributed by atoms with van der Waals surface area (Å²) in [5, 5.41) is 0. The van der Waals surface area contributed by atoms with Crippen molar-refractivity contribution in [3.05, 3.63) is 0 Å². The number of halogens is 1. The van der Waals surface area contributed by atoms with Gasteiger partial charge in [-0.3, -0.25) is 0 Å². The van der Waals surface area contributed by atoms with Gasteiger partial charge in [-0.15, -0.1) is 0 Å². The van der Waals surface area contributed by atoms with E-state index in [-0.39, 0.29) is 0 Å². The lowest BCUT2D eigenvalue weighted by molar-refractivity contribution is 0.252. The normalized spacial score (nSPS) is 15.4. The predicted molar refractivity (Wildman–Crippen MR) is 87.8 cm³/mol. The molecule has 0 N–H and O–H groups in total. The van der Waals surface area contributed by atoms with E-state index in [0.717, 1.165) is 17.8 Å². The van der Waals surface area contributed by atoms with Crippen LogP contribution in [0.15, 0.2) is 0 Å². The quantitative estimate of drug-likeness (QED) is 0.277. The number of hydrogen-bond acceptors (Lipinski definition) is 1. The van der Waals surface area contributed by atoms with Gasteiger partial charge in [0, 0.05) is 0 Å². The Morgan fingerprint density at radius 3 is 2.25 bits per heavy atom. The van der Waals surface area contributed by atoms with E-state index in [9.17, 15) is 0 Å². The van der Waals surface area contributed by atoms with Crippen molar-refractivity contribution in [3.63, 3.8) is 0 Å². The zero-order valence-electron chi connectivity index (χ0n) is 11.5. The highest BCUT2D eigenvalue weighted by molar-refractivity contribution is 14.1. The minimum absolute atomic E-state index is 0.844. The maximum absolute atomic E-state index is 2.50. The van der Waals surface area contributed by atoms with Crippen molar-refractivity contribution in [2.45, 2.75) is 53.4 Å². The molecule has 0 saturated heterocycles. The first-order valence-electron chi connectivity index (χ1n) is 6.77. The highest BCUT2D eigenvalue weighted by Gasteiger charge is 2.19. The Labute approximate surface area is 121 Å². The zero-order valence-corrected chi connectivity index (χ0v) is 14.4. The van der Waals surface area contributed by atoms with Crippen LogP contribution in [0.1, 0.15) is 53.4 Å². The van der Waals surface area contributed by atoms with Crippen molar-refractivity contribution in [1.82, 2.24) is 0 Å². The second-order valence-corrected chi connectivity index (χ2v) is 7.51. The summed E-state index contributed by atoms with van der Waals surface area (Å²) in [6.45, 7) is 9.48. The summed E-state index contributed by atoms with van der Waals surface area (Å²) >= 11 is 4.60. The maximum atomic E-state index is 2.50. The van der Waals surface area contributed by atoms with Gasteiger partial charge in [0.15, 0.2) is 0 Å². The van der Waals surface area contributed by atoms with Crippen molar-refractivity contribution in [1.29, 1.82) is 0 Å². The van der Waals surface area contributed by atoms with Gasteiger partial charge in [0.25, 0.3) is 0 Å². The van der Waals surface area contributed by atoms with Crippen LogP contribution in [0.3, 0.4) is 0 Å². The SMILES string of the molecule is CCSCCC(CCCCI)C(C)C(C)C. The average Bonchev–Trinajstić information content (AvgIpc) is 2.26. The van der Waals surface area contributed by atoms with E-state index in [1.165, 1.54) is 41.6 Å². The van der Waals surface area contributed by atoms with Gasteiger partial charge in [-0.1, -0.05) is 63.1 Å². The molecule has 98 valence electrons. The van der Waals surface area contributed by atoms with Gasteiger partial charge >= 0.3 is 0 Å². The van der Waals surface area contributed by atoms with E-state index < -0.39 is 0 Å². The molecule has 0 aromatic heterocycles. The fourth-order valence-electron chi connectivity index (χ4n) is 2.09. The van der Waals surface area contributed by atoms with E-state index in [1.807, 2.05) is 0 Å². The van der Waals surface area contributed by atoms with Crippen molar-refractivity contribution in [2.24, 2.45) is 17.8 Å². The Morgan fingerprint density at radius 1 is 1.06 bits per heavy atom. The Morgan fingerprint density at radius 2 is 1.75 bits per heavy atom. The minimum Gasteiger partial charge on any atom is -0.162 e. The van der Waals surface area contributed by atoms with E-state index in [4.69, 9.17) is 0 Å². The number of rotatable bonds is 10. The van der Waals surface area contributed by atoms with Gasteiger partial charge in [-0.25, -0.2) is 0 Å². The smallest absolute Gasteiger partial charge is 0.000473 e. The molecule has 0 amide bonds. The van der Waals surface area contributed by atoms with Gasteiger partial charge in [-0.2, -0.15) is 11.8 Å². The van der Waals surface area contributed by atoms with E-state index >= 15 is 0 Å². The predicted octanol–water partition coefficient (Wildman–Crippen LogP) is 5.64. The molecule has 0 nitrogen and oxygen atoms in total. The topological polar surface area (TPSA) is 0 Å². The molecule has 0 fully saturated rings. The van der Waals surface area contributed by atoms with Crippen molar-refractivity contribution in [3.8, 4) is 0 Å². The summed E-state index contributed by atoms with van der Waals surface area (Å²) in [7, 11) is 0. The van der Waals surface area contributed by atoms with Crippen LogP contribution in [-0.4, -0.2) is 15.9 Å². The van der Waals surface area contributed by atoms with Crippen LogP contribution in [0, 0.1) is 17.8 Å². The van der Waals surface area contributed by atoms with Crippen molar-refractivity contribution in [2.75, 3.05) is 15.9 Å². The van der Waals surface area contributed by atoms with Crippen LogP contribution >= 0.6 is 34.4 Å². The van der Waals surface area contributed by atoms with Gasteiger partial charge in [0.05, 0.1) is 0 Å². The molecule has 16 heavy (non-hydrogen) atoms. The highest BCUT2D eigenvalue weighted by atomic mass is 127. The van der Waals surface area contributed by atoms with Crippen LogP contribution in [0.5, 0.6) is 0 Å². The molecule has 0 rings (SSSR count). The van der Waals surface area contributed by atoms with Crippen LogP contribution < -0.4 is 0 Å². The first-order chi connectivity index (χ1) is 7.63. The maximum Gasteiger partial charge on any atom is -0.000473 e. The molecule has 2 atom stereocenters. The van der Waals surface area contributed by atoms with Crippen LogP contribution in [-0.2, 0) is 0 Å². The molecule has 0 aliphatic rings. The molecule has 0 aromatic rings. The third-order valence-corrected chi connectivity index (χ3v) is 5.29. The second-order valence-electron chi connectivity index (χ2n) is 5.03. The Bertz CT molecular complexity index is 138. The summed E-state index contributed by atoms with van der Waals surface area (Å²) in [6.07, 6.45) is 5.72. The minimum atomic E-state index is 0.844. The van der Waals surface area contributed by atoms with Crippen molar-refractivity contribution >= 4 is 34.4 Å². The monoisotopic (exact) mass is 356 g/mol. The van der Waals surface area contributed by atoms with Crippen LogP contribution in [0.25, 0.3) is 0 Å². The average molecular weight is 356 g/mol. The molecular weight excluding hydrogens is 327 g/mol. The van der Waals surface area contributed by atoms with E-state index in [1.54, 1.807) is 0 Å². The Balaban J connectivity index is 3.94. The van der Waals surface area contributed by atoms with E-state index in [2.05, 4.69) is 62.0 Å². The standard InChI is InChI=1S/C14H29IS/c1-5-16-11-9-14(8-6-7-10-15)13(4)12(2)3/h12-14H,5-11H2,1-4H3. The molecule has 0 aromatic carbocycles. The molecule has 0 bridgehead atoms. The summed E-state index contributed by atoms with van der Waals surface area (Å²) in [5.74, 6) is 5.34. The van der Waals surface area contributed by atoms with Crippen LogP contribution in [0.2, 0.25) is 0 Å². The zero-order chi connectivity index (χ0) is 12.4. The third kappa shape index (κ3) is 8.21. The highest BCUT2D eigenvalue weighted by Crippen LogP contribution is 2.29. The summed E-state index contributed by atoms with van der Waals surface area (Å²) in [4.78, 5) is 0. The second kappa shape index (κ2) is 11.2. The van der Waals surface area contributed by atoms with Gasteiger partial charge in [0.1, 0.15) is 0 Å². The molecular formula is C14H29IS. The number of alkyl halides is 1. The summed E-state index contributed by atoms with van der Waals surface area (Å²) in [6, 6.07) is 0. The van der Waals surface area contributed by atoms with Gasteiger partial charge in [-0.05, 0) is 46.5 Å². The third-order valence-electron chi connectivity index (χ3n) is 3.59. The number of hydrogen-bond donors (Lipinski definition) is 0. The Kier molecular flexibility index (Phi) is 11.9. The number of unbranched alkanes of at least 4 members (excludes halogenated alkanes) is 1. The lowest BCUT2D eigenvalue weighted by Gasteiger charge is -2.27. The molecule has 0 aliphatic carbocycles. The fourth-order valence-corrected chi connectivity index (χ4v) is 3.39. The number of thioether (sulfide) groups is 1. The lowest BCUT2D eigenvalue weighted by atomic mass is 9.80. The summed E-state index contributed by atoms with van der Waals surface area (Å²) < 4.78 is 1.32. The lowest BCUT2D eigenvalue weighted by Crippen LogP contribution is -2.18. The molecule has 0 heterocycles. The van der Waals surface area contributed by atoms with Gasteiger partial charge in [0.2, 0.25) is 0 Å². The molecule has 2 heteroatoms. The molecule has 0 aliphatic heterocycles. The van der Waals surface area contributed by atoms with Crippen LogP contribution in [0.4, 0.5) is 0 Å². The molecule has 0 radical (unpaired) electrons. The largest absolute Gasteiger partial charge is 0.162 e. The van der Waals surface area contributed by atoms with Crippen molar-refractivity contribution < 1.29 is 0 Å². The van der Waals surface area contributed by atoms with Gasteiger partial charge < -0.3 is 0 Å². The first-order valence-corrected chi connectivity index (χ1v) is 9.45. The molecule has 0 saturated carbocycles.